The van der Waals surface area contributed by atoms with Gasteiger partial charge in [-0.2, -0.15) is 16.8 Å². The van der Waals surface area contributed by atoms with Crippen LogP contribution in [0.25, 0.3) is 0 Å². The summed E-state index contributed by atoms with van der Waals surface area (Å²) in [6, 6.07) is 1.50. The molecule has 0 heterocycles. The summed E-state index contributed by atoms with van der Waals surface area (Å²) in [6.07, 6.45) is 0. The van der Waals surface area contributed by atoms with Gasteiger partial charge >= 0.3 is 0 Å². The lowest BCUT2D eigenvalue weighted by molar-refractivity contribution is 0.478. The van der Waals surface area contributed by atoms with Crippen LogP contribution in [0, 0.1) is 0 Å². The summed E-state index contributed by atoms with van der Waals surface area (Å²) in [5.41, 5.74) is 0. The monoisotopic (exact) mass is 302 g/mol. The fourth-order valence-corrected chi connectivity index (χ4v) is 3.05. The highest BCUT2D eigenvalue weighted by Gasteiger charge is 2.21. The van der Waals surface area contributed by atoms with Crippen LogP contribution in [0.15, 0.2) is 31.7 Å². The minimum absolute atomic E-state index is 0.105. The Labute approximate surface area is 103 Å². The molecule has 1 aromatic rings. The Morgan fingerprint density at radius 2 is 1.44 bits per heavy atom. The Bertz CT molecular complexity index is 629. The summed E-state index contributed by atoms with van der Waals surface area (Å²) in [4.78, 5) is -1.75. The standard InChI is InChI=1S/C6H6O6S4/c7-15(8,9)3-1-4(13)6(14)5(2-3)16(10,11)12/h1-2,13-14H,(H,7,8,9)(H,10,11,12). The molecule has 0 radical (unpaired) electrons. The van der Waals surface area contributed by atoms with Crippen molar-refractivity contribution >= 4 is 45.5 Å². The van der Waals surface area contributed by atoms with Crippen molar-refractivity contribution in [3.63, 3.8) is 0 Å². The van der Waals surface area contributed by atoms with Crippen LogP contribution in [0.1, 0.15) is 0 Å². The van der Waals surface area contributed by atoms with Gasteiger partial charge in [0.05, 0.1) is 4.90 Å². The highest BCUT2D eigenvalue weighted by molar-refractivity contribution is 7.88. The van der Waals surface area contributed by atoms with E-state index in [1.807, 2.05) is 0 Å². The van der Waals surface area contributed by atoms with Crippen LogP contribution in [0.3, 0.4) is 0 Å². The van der Waals surface area contributed by atoms with Gasteiger partial charge in [0.2, 0.25) is 0 Å². The third-order valence-corrected chi connectivity index (χ3v) is 4.48. The van der Waals surface area contributed by atoms with Gasteiger partial charge in [-0.05, 0) is 12.1 Å². The molecule has 1 aromatic carbocycles. The van der Waals surface area contributed by atoms with E-state index in [0.717, 1.165) is 6.07 Å². The first-order valence-electron chi connectivity index (χ1n) is 3.54. The molecule has 0 bridgehead atoms. The van der Waals surface area contributed by atoms with Crippen molar-refractivity contribution in [3.05, 3.63) is 12.1 Å². The van der Waals surface area contributed by atoms with Gasteiger partial charge in [-0.3, -0.25) is 9.11 Å². The van der Waals surface area contributed by atoms with E-state index in [1.165, 1.54) is 0 Å². The second-order valence-electron chi connectivity index (χ2n) is 2.74. The maximum absolute atomic E-state index is 10.9. The van der Waals surface area contributed by atoms with Crippen LogP contribution in [0.4, 0.5) is 0 Å². The van der Waals surface area contributed by atoms with Crippen molar-refractivity contribution in [2.24, 2.45) is 0 Å². The normalized spacial score (nSPS) is 12.8. The van der Waals surface area contributed by atoms with Crippen LogP contribution >= 0.6 is 25.3 Å². The summed E-state index contributed by atoms with van der Waals surface area (Å²) in [7, 11) is -9.22. The number of benzene rings is 1. The summed E-state index contributed by atoms with van der Waals surface area (Å²) < 4.78 is 60.9. The molecule has 2 N–H and O–H groups in total. The molecule has 0 atom stereocenters. The van der Waals surface area contributed by atoms with Crippen molar-refractivity contribution in [3.8, 4) is 0 Å². The number of rotatable bonds is 2. The predicted molar refractivity (Wildman–Crippen MR) is 60.6 cm³/mol. The SMILES string of the molecule is O=S(=O)(O)c1cc(S)c(S)c(S(=O)(=O)O)c1. The van der Waals surface area contributed by atoms with E-state index in [1.54, 1.807) is 0 Å². The van der Waals surface area contributed by atoms with Crippen LogP contribution < -0.4 is 0 Å². The Morgan fingerprint density at radius 3 is 1.81 bits per heavy atom. The molecule has 6 nitrogen and oxygen atoms in total. The summed E-state index contributed by atoms with van der Waals surface area (Å²) >= 11 is 7.53. The van der Waals surface area contributed by atoms with Crippen molar-refractivity contribution in [1.29, 1.82) is 0 Å². The van der Waals surface area contributed by atoms with E-state index in [9.17, 15) is 16.8 Å². The van der Waals surface area contributed by atoms with Crippen molar-refractivity contribution < 1.29 is 25.9 Å². The third-order valence-electron chi connectivity index (χ3n) is 1.60. The lowest BCUT2D eigenvalue weighted by Crippen LogP contribution is -2.05. The van der Waals surface area contributed by atoms with Gasteiger partial charge < -0.3 is 0 Å². The van der Waals surface area contributed by atoms with Gasteiger partial charge in [0.25, 0.3) is 20.2 Å². The van der Waals surface area contributed by atoms with Crippen molar-refractivity contribution in [2.75, 3.05) is 0 Å². The Kier molecular flexibility index (Phi) is 3.62. The first-order valence-corrected chi connectivity index (χ1v) is 7.32. The number of thiol groups is 2. The molecule has 0 fully saturated rings. The van der Waals surface area contributed by atoms with E-state index in [-0.39, 0.29) is 9.79 Å². The maximum Gasteiger partial charge on any atom is 0.295 e. The fraction of sp³-hybridized carbons (Fsp3) is 0. The lowest BCUT2D eigenvalue weighted by Gasteiger charge is -2.06. The first-order chi connectivity index (χ1) is 7.03. The van der Waals surface area contributed by atoms with Crippen molar-refractivity contribution in [2.45, 2.75) is 19.6 Å². The lowest BCUT2D eigenvalue weighted by atomic mass is 10.3. The van der Waals surface area contributed by atoms with Crippen LogP contribution in [-0.2, 0) is 20.2 Å². The largest absolute Gasteiger partial charge is 0.295 e. The quantitative estimate of drug-likeness (QED) is 0.474. The minimum Gasteiger partial charge on any atom is -0.282 e. The molecule has 0 saturated carbocycles. The molecule has 0 unspecified atom stereocenters. The van der Waals surface area contributed by atoms with E-state index < -0.39 is 30.0 Å². The molecule has 0 aliphatic rings. The van der Waals surface area contributed by atoms with Gasteiger partial charge in [-0.15, -0.1) is 25.3 Å². The Morgan fingerprint density at radius 1 is 0.938 bits per heavy atom. The van der Waals surface area contributed by atoms with Gasteiger partial charge in [0, 0.05) is 9.79 Å². The van der Waals surface area contributed by atoms with Gasteiger partial charge in [0.15, 0.2) is 0 Å². The molecule has 0 spiro atoms. The Balaban J connectivity index is 3.72. The highest BCUT2D eigenvalue weighted by Crippen LogP contribution is 2.29. The zero-order chi connectivity index (χ0) is 12.7. The second kappa shape index (κ2) is 4.20. The van der Waals surface area contributed by atoms with Crippen molar-refractivity contribution in [1.82, 2.24) is 0 Å². The van der Waals surface area contributed by atoms with Crippen LogP contribution in [0.5, 0.6) is 0 Å². The predicted octanol–water partition coefficient (Wildman–Crippen LogP) is 0.757. The van der Waals surface area contributed by atoms with E-state index in [4.69, 9.17) is 9.11 Å². The smallest absolute Gasteiger partial charge is 0.282 e. The topological polar surface area (TPSA) is 109 Å². The molecule has 0 aliphatic carbocycles. The van der Waals surface area contributed by atoms with Crippen LogP contribution in [0.2, 0.25) is 0 Å². The summed E-state index contributed by atoms with van der Waals surface area (Å²) in [5, 5.41) is 0. The molecular formula is C6H6O6S4. The average molecular weight is 302 g/mol. The number of hydrogen-bond donors (Lipinski definition) is 4. The second-order valence-corrected chi connectivity index (χ2v) is 6.48. The minimum atomic E-state index is -4.64. The molecular weight excluding hydrogens is 296 g/mol. The molecule has 1 rings (SSSR count). The molecule has 0 aromatic heterocycles. The Hall–Kier alpha value is -0.260. The van der Waals surface area contributed by atoms with Crippen LogP contribution in [-0.4, -0.2) is 25.9 Å². The molecule has 0 amide bonds. The molecule has 0 aliphatic heterocycles. The zero-order valence-corrected chi connectivity index (χ0v) is 10.8. The highest BCUT2D eigenvalue weighted by atomic mass is 32.2. The molecule has 10 heteroatoms. The van der Waals surface area contributed by atoms with E-state index >= 15 is 0 Å². The summed E-state index contributed by atoms with van der Waals surface area (Å²) in [6.45, 7) is 0. The molecule has 90 valence electrons. The number of hydrogen-bond acceptors (Lipinski definition) is 6. The van der Waals surface area contributed by atoms with Gasteiger partial charge in [0.1, 0.15) is 4.90 Å². The van der Waals surface area contributed by atoms with Gasteiger partial charge in [-0.25, -0.2) is 0 Å². The first kappa shape index (κ1) is 13.8. The third kappa shape index (κ3) is 2.90. The van der Waals surface area contributed by atoms with E-state index in [0.29, 0.717) is 6.07 Å². The zero-order valence-electron chi connectivity index (χ0n) is 7.39. The maximum atomic E-state index is 10.9. The van der Waals surface area contributed by atoms with Gasteiger partial charge in [-0.1, -0.05) is 0 Å². The summed E-state index contributed by atoms with van der Waals surface area (Å²) in [5.74, 6) is 0. The molecule has 0 saturated heterocycles. The fourth-order valence-electron chi connectivity index (χ4n) is 0.914. The van der Waals surface area contributed by atoms with E-state index in [2.05, 4.69) is 25.3 Å². The average Bonchev–Trinajstić information content (AvgIpc) is 2.05. The molecule has 16 heavy (non-hydrogen) atoms.